The van der Waals surface area contributed by atoms with Gasteiger partial charge in [-0.05, 0) is 33.3 Å². The first kappa shape index (κ1) is 33.5. The topological polar surface area (TPSA) is 198 Å². The van der Waals surface area contributed by atoms with Crippen molar-refractivity contribution in [2.75, 3.05) is 25.4 Å². The highest BCUT2D eigenvalue weighted by Gasteiger charge is 2.56. The number of ether oxygens (including phenoxy) is 2. The average Bonchev–Trinajstić information content (AvgIpc) is 2.98. The van der Waals surface area contributed by atoms with Gasteiger partial charge in [-0.3, -0.25) is 39.5 Å². The number of imide groups is 1. The first-order valence-corrected chi connectivity index (χ1v) is 15.3. The van der Waals surface area contributed by atoms with Crippen molar-refractivity contribution < 1.29 is 43.0 Å². The fourth-order valence-electron chi connectivity index (χ4n) is 4.98. The monoisotopic (exact) mass is 644 g/mol. The van der Waals surface area contributed by atoms with Gasteiger partial charge in [0.05, 0.1) is 0 Å². The zero-order valence-electron chi connectivity index (χ0n) is 25.5. The second kappa shape index (κ2) is 13.3. The number of esters is 2. The number of urea groups is 1. The lowest BCUT2D eigenvalue weighted by Gasteiger charge is -2.50. The van der Waals surface area contributed by atoms with Gasteiger partial charge in [0, 0.05) is 37.9 Å². The first-order chi connectivity index (χ1) is 21.1. The number of hydrogen-bond acceptors (Lipinski definition) is 11. The minimum absolute atomic E-state index is 0.0558. The van der Waals surface area contributed by atoms with Crippen LogP contribution in [0, 0.1) is 0 Å². The Morgan fingerprint density at radius 2 is 1.73 bits per heavy atom. The second-order valence-corrected chi connectivity index (χ2v) is 12.5. The van der Waals surface area contributed by atoms with Gasteiger partial charge in [0.15, 0.2) is 6.23 Å². The number of fused-ring (bicyclic) bond motifs is 1. The largest absolute Gasteiger partial charge is 0.455 e. The number of likely N-dealkylation sites (N-methyl/N-ethyl adjacent to an activating group) is 1. The maximum atomic E-state index is 13.7. The van der Waals surface area contributed by atoms with E-state index in [9.17, 15) is 33.6 Å². The van der Waals surface area contributed by atoms with E-state index in [2.05, 4.69) is 10.6 Å². The number of nitrogens with one attached hydrogen (secondary N) is 2. The van der Waals surface area contributed by atoms with Crippen LogP contribution in [0.25, 0.3) is 0 Å². The average molecular weight is 645 g/mol. The number of amides is 6. The Morgan fingerprint density at radius 3 is 2.33 bits per heavy atom. The Kier molecular flexibility index (Phi) is 9.87. The predicted molar refractivity (Wildman–Crippen MR) is 159 cm³/mol. The minimum atomic E-state index is -1.34. The lowest BCUT2D eigenvalue weighted by Crippen LogP contribution is -2.71. The van der Waals surface area contributed by atoms with Gasteiger partial charge in [0.25, 0.3) is 5.91 Å². The van der Waals surface area contributed by atoms with E-state index in [0.717, 1.165) is 16.7 Å². The molecule has 3 aliphatic heterocycles. The molecule has 4 N–H and O–H groups in total. The third kappa shape index (κ3) is 7.12. The fraction of sp³-hybridized carbons (Fsp3) is 0.483. The fourth-order valence-corrected chi connectivity index (χ4v) is 6.37. The van der Waals surface area contributed by atoms with Gasteiger partial charge < -0.3 is 25.0 Å². The summed E-state index contributed by atoms with van der Waals surface area (Å²) in [5.41, 5.74) is 5.51. The first-order valence-electron chi connectivity index (χ1n) is 14.2. The van der Waals surface area contributed by atoms with Crippen LogP contribution in [0.4, 0.5) is 4.79 Å². The summed E-state index contributed by atoms with van der Waals surface area (Å²) in [6.45, 7) is 8.23. The molecule has 1 aromatic rings. The SMILES string of the molecule is CCN1CCN(C(=O)NC(C(=O)N[C@@H]2C(=O)N3C(C(=O)OC(C)(C)C)=C(C(N)OC(C)=O)CS[C@H]23)c2ccccc2)C(=O)C1=O. The van der Waals surface area contributed by atoms with Crippen LogP contribution in [-0.4, -0.2) is 105 Å². The Morgan fingerprint density at radius 1 is 1.07 bits per heavy atom. The number of hydrogen-bond donors (Lipinski definition) is 3. The Bertz CT molecular complexity index is 1440. The van der Waals surface area contributed by atoms with Crippen LogP contribution in [0.3, 0.4) is 0 Å². The van der Waals surface area contributed by atoms with E-state index >= 15 is 0 Å². The van der Waals surface area contributed by atoms with Gasteiger partial charge in [-0.15, -0.1) is 11.8 Å². The smallest absolute Gasteiger partial charge is 0.355 e. The molecule has 15 nitrogen and oxygen atoms in total. The molecule has 3 heterocycles. The molecule has 0 saturated carbocycles. The lowest BCUT2D eigenvalue weighted by atomic mass is 10.00. The van der Waals surface area contributed by atoms with E-state index in [1.54, 1.807) is 58.0 Å². The van der Waals surface area contributed by atoms with Gasteiger partial charge in [-0.25, -0.2) is 9.59 Å². The third-order valence-corrected chi connectivity index (χ3v) is 8.42. The van der Waals surface area contributed by atoms with Crippen LogP contribution >= 0.6 is 11.8 Å². The highest BCUT2D eigenvalue weighted by Crippen LogP contribution is 2.42. The normalized spacial score (nSPS) is 21.4. The summed E-state index contributed by atoms with van der Waals surface area (Å²) in [6, 6.07) is 4.79. The second-order valence-electron chi connectivity index (χ2n) is 11.4. The van der Waals surface area contributed by atoms with E-state index in [-0.39, 0.29) is 30.1 Å². The maximum absolute atomic E-state index is 13.7. The van der Waals surface area contributed by atoms with E-state index in [4.69, 9.17) is 15.2 Å². The molecule has 2 fully saturated rings. The van der Waals surface area contributed by atoms with Crippen LogP contribution in [0.5, 0.6) is 0 Å². The van der Waals surface area contributed by atoms with E-state index in [1.165, 1.54) is 16.7 Å². The predicted octanol–water partition coefficient (Wildman–Crippen LogP) is -0.0284. The van der Waals surface area contributed by atoms with Crippen molar-refractivity contribution in [3.63, 3.8) is 0 Å². The number of piperazine rings is 1. The summed E-state index contributed by atoms with van der Waals surface area (Å²) in [6.07, 6.45) is -1.31. The molecular formula is C29H36N6O9S. The highest BCUT2D eigenvalue weighted by atomic mass is 32.2. The van der Waals surface area contributed by atoms with Crippen LogP contribution in [0.2, 0.25) is 0 Å². The Balaban J connectivity index is 1.56. The summed E-state index contributed by atoms with van der Waals surface area (Å²) in [5.74, 6) is -4.69. The van der Waals surface area contributed by atoms with Crippen LogP contribution < -0.4 is 16.4 Å². The number of β-lactam (4-membered cyclic amide) rings is 1. The lowest BCUT2D eigenvalue weighted by molar-refractivity contribution is -0.159. The zero-order valence-corrected chi connectivity index (χ0v) is 26.3. The Labute approximate surface area is 263 Å². The van der Waals surface area contributed by atoms with E-state index in [0.29, 0.717) is 12.1 Å². The molecule has 242 valence electrons. The molecule has 0 spiro atoms. The van der Waals surface area contributed by atoms with E-state index < -0.39 is 70.9 Å². The standard InChI is InChI=1S/C29H36N6O9S/c1-6-33-12-13-34(25(40)24(33)39)28(42)32-18(16-10-8-7-9-11-16)22(37)31-19-23(38)35-20(27(41)44-29(3,4)5)17(14-45-26(19)35)21(30)43-15(2)36/h7-11,18-19,21,26H,6,12-14,30H2,1-5H3,(H,31,37)(H,32,42)/t18?,19-,21?,26-/m1/s1. The van der Waals surface area contributed by atoms with Crippen molar-refractivity contribution in [2.45, 2.75) is 63.9 Å². The molecule has 3 aliphatic rings. The van der Waals surface area contributed by atoms with Crippen molar-refractivity contribution in [3.05, 3.63) is 47.2 Å². The van der Waals surface area contributed by atoms with Gasteiger partial charge in [0.1, 0.15) is 28.8 Å². The number of nitrogens with two attached hydrogens (primary N) is 1. The molecule has 4 atom stereocenters. The molecule has 45 heavy (non-hydrogen) atoms. The molecule has 0 aromatic heterocycles. The Hall–Kier alpha value is -4.44. The van der Waals surface area contributed by atoms with Gasteiger partial charge in [-0.2, -0.15) is 0 Å². The quantitative estimate of drug-likeness (QED) is 0.149. The van der Waals surface area contributed by atoms with Crippen molar-refractivity contribution in [1.29, 1.82) is 0 Å². The molecule has 6 amide bonds. The highest BCUT2D eigenvalue weighted by molar-refractivity contribution is 8.00. The number of carbonyl (C=O) groups is 7. The molecule has 1 aromatic carbocycles. The number of thioether (sulfide) groups is 1. The summed E-state index contributed by atoms with van der Waals surface area (Å²) >= 11 is 1.19. The van der Waals surface area contributed by atoms with Crippen LogP contribution in [0.1, 0.15) is 46.2 Å². The van der Waals surface area contributed by atoms with Crippen molar-refractivity contribution in [3.8, 4) is 0 Å². The minimum Gasteiger partial charge on any atom is -0.455 e. The number of rotatable bonds is 8. The third-order valence-electron chi connectivity index (χ3n) is 7.12. The molecule has 16 heteroatoms. The summed E-state index contributed by atoms with van der Waals surface area (Å²) in [5, 5.41) is 4.44. The van der Waals surface area contributed by atoms with Crippen LogP contribution in [-0.2, 0) is 38.2 Å². The zero-order chi connectivity index (χ0) is 33.2. The number of nitrogens with zero attached hydrogens (tertiary/aromatic N) is 3. The van der Waals surface area contributed by atoms with Crippen molar-refractivity contribution >= 4 is 53.4 Å². The molecule has 2 saturated heterocycles. The molecule has 0 bridgehead atoms. The number of benzene rings is 1. The van der Waals surface area contributed by atoms with Gasteiger partial charge in [0.2, 0.25) is 5.91 Å². The van der Waals surface area contributed by atoms with Crippen molar-refractivity contribution in [1.82, 2.24) is 25.3 Å². The summed E-state index contributed by atoms with van der Waals surface area (Å²) in [4.78, 5) is 93.3. The summed E-state index contributed by atoms with van der Waals surface area (Å²) < 4.78 is 10.6. The molecule has 0 radical (unpaired) electrons. The van der Waals surface area contributed by atoms with Crippen molar-refractivity contribution in [2.24, 2.45) is 5.73 Å². The molecular weight excluding hydrogens is 608 g/mol. The van der Waals surface area contributed by atoms with Gasteiger partial charge in [-0.1, -0.05) is 30.3 Å². The maximum Gasteiger partial charge on any atom is 0.355 e. The number of carbonyl (C=O) groups excluding carboxylic acids is 7. The van der Waals surface area contributed by atoms with Crippen LogP contribution in [0.15, 0.2) is 41.6 Å². The molecule has 4 rings (SSSR count). The molecule has 0 aliphatic carbocycles. The van der Waals surface area contributed by atoms with E-state index in [1.807, 2.05) is 0 Å². The van der Waals surface area contributed by atoms with Gasteiger partial charge >= 0.3 is 29.8 Å². The summed E-state index contributed by atoms with van der Waals surface area (Å²) in [7, 11) is 0. The molecule has 2 unspecified atom stereocenters.